The molecule has 136 valence electrons. The zero-order chi connectivity index (χ0) is 19.6. The molecule has 0 aromatic carbocycles. The molecule has 25 heavy (non-hydrogen) atoms. The molecule has 0 heterocycles. The number of hydrogen-bond donors (Lipinski definition) is 3. The van der Waals surface area contributed by atoms with Crippen molar-refractivity contribution in [3.8, 4) is 0 Å². The summed E-state index contributed by atoms with van der Waals surface area (Å²) < 4.78 is 37.1. The minimum absolute atomic E-state index is 0.0934. The fourth-order valence-corrected chi connectivity index (χ4v) is 1.08. The van der Waals surface area contributed by atoms with Crippen molar-refractivity contribution in [3.05, 3.63) is 60.1 Å². The van der Waals surface area contributed by atoms with Gasteiger partial charge in [0.15, 0.2) is 5.84 Å². The lowest BCUT2D eigenvalue weighted by Crippen LogP contribution is -2.22. The number of carbonyl (C=O) groups excluding carboxylic acids is 1. The van der Waals surface area contributed by atoms with Gasteiger partial charge in [-0.15, -0.1) is 0 Å². The molecular weight excluding hydrogens is 339 g/mol. The molecule has 0 aliphatic heterocycles. The second kappa shape index (κ2) is 9.75. The van der Waals surface area contributed by atoms with Crippen LogP contribution in [0, 0.1) is 0 Å². The molecule has 0 radical (unpaired) electrons. The molecule has 0 spiro atoms. The van der Waals surface area contributed by atoms with Gasteiger partial charge in [0.2, 0.25) is 0 Å². The van der Waals surface area contributed by atoms with E-state index in [0.717, 1.165) is 12.3 Å². The van der Waals surface area contributed by atoms with Crippen LogP contribution in [0.3, 0.4) is 0 Å². The Bertz CT molecular complexity index is 682. The maximum atomic E-state index is 12.4. The minimum atomic E-state index is -4.64. The molecule has 7 nitrogen and oxygen atoms in total. The van der Waals surface area contributed by atoms with Crippen molar-refractivity contribution in [1.29, 1.82) is 0 Å². The molecule has 0 fully saturated rings. The molecule has 0 rings (SSSR count). The third-order valence-electron chi connectivity index (χ3n) is 2.39. The molecule has 0 aliphatic carbocycles. The van der Waals surface area contributed by atoms with Crippen molar-refractivity contribution in [1.82, 2.24) is 0 Å². The van der Waals surface area contributed by atoms with Gasteiger partial charge in [-0.05, 0) is 19.1 Å². The van der Waals surface area contributed by atoms with Crippen LogP contribution in [0.25, 0.3) is 0 Å². The highest BCUT2D eigenvalue weighted by Gasteiger charge is 2.30. The summed E-state index contributed by atoms with van der Waals surface area (Å²) in [5, 5.41) is 3.27. The van der Waals surface area contributed by atoms with Crippen molar-refractivity contribution >= 4 is 18.0 Å². The summed E-state index contributed by atoms with van der Waals surface area (Å²) >= 11 is 0. The second-order valence-electron chi connectivity index (χ2n) is 4.43. The topological polar surface area (TPSA) is 129 Å². The molecule has 0 atom stereocenters. The highest BCUT2D eigenvalue weighted by molar-refractivity contribution is 5.97. The molecule has 0 aliphatic rings. The fourth-order valence-electron chi connectivity index (χ4n) is 1.08. The van der Waals surface area contributed by atoms with Gasteiger partial charge in [-0.1, -0.05) is 24.4 Å². The fraction of sp³-hybridized carbons (Fsp3) is 0.133. The monoisotopic (exact) mass is 357 g/mol. The van der Waals surface area contributed by atoms with Crippen LogP contribution in [-0.4, -0.2) is 24.2 Å². The summed E-state index contributed by atoms with van der Waals surface area (Å²) in [6.07, 6.45) is 0.599. The Morgan fingerprint density at radius 3 is 2.28 bits per heavy atom. The molecule has 6 N–H and O–H groups in total. The quantitative estimate of drug-likeness (QED) is 0.160. The summed E-state index contributed by atoms with van der Waals surface area (Å²) in [6.45, 7) is 7.52. The van der Waals surface area contributed by atoms with E-state index in [1.54, 1.807) is 0 Å². The summed E-state index contributed by atoms with van der Waals surface area (Å²) in [7, 11) is 0. The minimum Gasteiger partial charge on any atom is -0.402 e. The van der Waals surface area contributed by atoms with Gasteiger partial charge < -0.3 is 22.0 Å². The number of halogens is 3. The van der Waals surface area contributed by atoms with Crippen LogP contribution < -0.4 is 17.2 Å². The Kier molecular flexibility index (Phi) is 8.47. The van der Waals surface area contributed by atoms with E-state index >= 15 is 0 Å². The van der Waals surface area contributed by atoms with Crippen LogP contribution in [0.1, 0.15) is 6.92 Å². The predicted octanol–water partition coefficient (Wildman–Crippen LogP) is 1.77. The van der Waals surface area contributed by atoms with Gasteiger partial charge in [0.25, 0.3) is 0 Å². The van der Waals surface area contributed by atoms with Crippen LogP contribution in [0.4, 0.5) is 13.2 Å². The van der Waals surface area contributed by atoms with E-state index in [1.165, 1.54) is 19.2 Å². The maximum absolute atomic E-state index is 12.4. The van der Waals surface area contributed by atoms with Crippen LogP contribution in [0.2, 0.25) is 0 Å². The van der Waals surface area contributed by atoms with Crippen LogP contribution >= 0.6 is 0 Å². The van der Waals surface area contributed by atoms with Gasteiger partial charge in [0, 0.05) is 17.5 Å². The molecular formula is C15H18F3N5O2. The molecule has 0 saturated carbocycles. The highest BCUT2D eigenvalue weighted by atomic mass is 19.4. The number of nitrogens with two attached hydrogens (primary N) is 3. The normalized spacial score (nSPS) is 14.6. The van der Waals surface area contributed by atoms with Crippen LogP contribution in [0.5, 0.6) is 0 Å². The van der Waals surface area contributed by atoms with Crippen molar-refractivity contribution < 1.29 is 22.8 Å². The SMILES string of the molecule is C=CC=N/C=C(N)/C(N)=N/OC(=O)C(/C=C\C(=C)C(F)(F)F)=C(\C)N. The Morgan fingerprint density at radius 2 is 1.80 bits per heavy atom. The van der Waals surface area contributed by atoms with E-state index in [-0.39, 0.29) is 22.8 Å². The van der Waals surface area contributed by atoms with Gasteiger partial charge in [-0.2, -0.15) is 13.2 Å². The summed E-state index contributed by atoms with van der Waals surface area (Å²) in [6, 6.07) is 0. The van der Waals surface area contributed by atoms with Gasteiger partial charge >= 0.3 is 12.1 Å². The van der Waals surface area contributed by atoms with Crippen LogP contribution in [-0.2, 0) is 9.63 Å². The first-order valence-electron chi connectivity index (χ1n) is 6.56. The first kappa shape index (κ1) is 21.7. The van der Waals surface area contributed by atoms with E-state index in [9.17, 15) is 18.0 Å². The van der Waals surface area contributed by atoms with E-state index in [4.69, 9.17) is 17.2 Å². The standard InChI is InChI=1S/C15H18F3N5O2/c1-4-7-22-8-12(20)13(21)23-25-14(24)11(10(3)19)6-5-9(2)15(16,17)18/h4-8H,1-2,19-20H2,3H3,(H2,21,23)/b6-5-,11-10+,12-8-,22-7?. The number of hydrogen-bond acceptors (Lipinski definition) is 6. The summed E-state index contributed by atoms with van der Waals surface area (Å²) in [5.74, 6) is -1.50. The maximum Gasteiger partial charge on any atom is 0.415 e. The second-order valence-corrected chi connectivity index (χ2v) is 4.43. The molecule has 0 saturated heterocycles. The zero-order valence-corrected chi connectivity index (χ0v) is 13.4. The lowest BCUT2D eigenvalue weighted by molar-refractivity contribution is -0.138. The van der Waals surface area contributed by atoms with Crippen molar-refractivity contribution in [2.24, 2.45) is 27.3 Å². The predicted molar refractivity (Wildman–Crippen MR) is 89.9 cm³/mol. The summed E-state index contributed by atoms with van der Waals surface area (Å²) in [4.78, 5) is 20.0. The summed E-state index contributed by atoms with van der Waals surface area (Å²) in [5.41, 5.74) is 14.7. The van der Waals surface area contributed by atoms with Crippen LogP contribution in [0.15, 0.2) is 70.3 Å². The first-order chi connectivity index (χ1) is 11.5. The van der Waals surface area contributed by atoms with Crippen molar-refractivity contribution in [2.75, 3.05) is 0 Å². The highest BCUT2D eigenvalue weighted by Crippen LogP contribution is 2.25. The molecule has 0 amide bonds. The van der Waals surface area contributed by atoms with E-state index < -0.39 is 17.7 Å². The number of rotatable bonds is 7. The Hall–Kier alpha value is -3.30. The first-order valence-corrected chi connectivity index (χ1v) is 6.56. The average Bonchev–Trinajstić information content (AvgIpc) is 2.51. The number of allylic oxidation sites excluding steroid dienone is 4. The molecule has 0 bridgehead atoms. The number of nitrogens with zero attached hydrogens (tertiary/aromatic N) is 2. The van der Waals surface area contributed by atoms with Crippen molar-refractivity contribution in [3.63, 3.8) is 0 Å². The van der Waals surface area contributed by atoms with Gasteiger partial charge in [-0.25, -0.2) is 4.79 Å². The van der Waals surface area contributed by atoms with Gasteiger partial charge in [0.1, 0.15) is 0 Å². The van der Waals surface area contributed by atoms with E-state index in [1.807, 2.05) is 0 Å². The average molecular weight is 357 g/mol. The van der Waals surface area contributed by atoms with E-state index in [0.29, 0.717) is 6.08 Å². The third kappa shape index (κ3) is 8.21. The van der Waals surface area contributed by atoms with Gasteiger partial charge in [-0.3, -0.25) is 4.99 Å². The van der Waals surface area contributed by atoms with E-state index in [2.05, 4.69) is 28.1 Å². The number of oxime groups is 1. The van der Waals surface area contributed by atoms with Crippen molar-refractivity contribution in [2.45, 2.75) is 13.1 Å². The number of carbonyl (C=O) groups is 1. The Labute approximate surface area is 142 Å². The smallest absolute Gasteiger partial charge is 0.402 e. The zero-order valence-electron chi connectivity index (χ0n) is 13.4. The van der Waals surface area contributed by atoms with Gasteiger partial charge in [0.05, 0.1) is 17.5 Å². The number of aliphatic imine (C=N–C) groups is 1. The number of alkyl halides is 3. The lowest BCUT2D eigenvalue weighted by atomic mass is 10.1. The molecule has 0 aromatic rings. The third-order valence-corrected chi connectivity index (χ3v) is 2.39. The largest absolute Gasteiger partial charge is 0.415 e. The Balaban J connectivity index is 5.20. The molecule has 10 heteroatoms. The lowest BCUT2D eigenvalue weighted by Gasteiger charge is -2.06. The number of amidine groups is 1. The molecule has 0 unspecified atom stereocenters. The Morgan fingerprint density at radius 1 is 1.20 bits per heavy atom. The molecule has 0 aromatic heterocycles.